The molecule has 0 saturated heterocycles. The first-order chi connectivity index (χ1) is 5.61. The van der Waals surface area contributed by atoms with E-state index in [-0.39, 0.29) is 5.41 Å². The summed E-state index contributed by atoms with van der Waals surface area (Å²) in [6, 6.07) is 0. The van der Waals surface area contributed by atoms with Crippen molar-refractivity contribution in [1.29, 1.82) is 0 Å². The van der Waals surface area contributed by atoms with Crippen LogP contribution in [0.4, 0.5) is 0 Å². The van der Waals surface area contributed by atoms with Crippen LogP contribution < -0.4 is 0 Å². The summed E-state index contributed by atoms with van der Waals surface area (Å²) in [7, 11) is 0. The van der Waals surface area contributed by atoms with Crippen molar-refractivity contribution >= 4 is 0 Å². The third-order valence-corrected chi connectivity index (χ3v) is 1.91. The number of hydrogen-bond donors (Lipinski definition) is 0. The van der Waals surface area contributed by atoms with Crippen molar-refractivity contribution in [1.82, 2.24) is 5.16 Å². The maximum Gasteiger partial charge on any atom is 0.210 e. The van der Waals surface area contributed by atoms with Crippen molar-refractivity contribution in [2.45, 2.75) is 32.6 Å². The van der Waals surface area contributed by atoms with Crippen molar-refractivity contribution in [2.24, 2.45) is 0 Å². The molecule has 1 aromatic heterocycles. The van der Waals surface area contributed by atoms with Gasteiger partial charge in [-0.1, -0.05) is 18.0 Å². The normalized spacial score (nSPS) is 11.2. The Morgan fingerprint density at radius 2 is 2.33 bits per heavy atom. The fourth-order valence-electron chi connectivity index (χ4n) is 1.03. The highest BCUT2D eigenvalue weighted by atomic mass is 16.5. The molecule has 2 heteroatoms. The van der Waals surface area contributed by atoms with E-state index in [0.29, 0.717) is 0 Å². The molecular weight excluding hydrogens is 150 g/mol. The van der Waals surface area contributed by atoms with Gasteiger partial charge in [-0.15, -0.1) is 6.42 Å². The second-order valence-corrected chi connectivity index (χ2v) is 3.23. The molecule has 2 nitrogen and oxygen atoms in total. The van der Waals surface area contributed by atoms with E-state index in [1.807, 2.05) is 20.8 Å². The molecule has 0 aliphatic carbocycles. The van der Waals surface area contributed by atoms with Crippen LogP contribution in [0, 0.1) is 18.6 Å². The number of terminal acetylenes is 1. The molecular formula is C10H12NO. The van der Waals surface area contributed by atoms with Gasteiger partial charge in [0.1, 0.15) is 0 Å². The average Bonchev–Trinajstić information content (AvgIpc) is 2.52. The minimum Gasteiger partial charge on any atom is -0.352 e. The van der Waals surface area contributed by atoms with Gasteiger partial charge in [-0.3, -0.25) is 0 Å². The van der Waals surface area contributed by atoms with Gasteiger partial charge < -0.3 is 4.52 Å². The molecule has 0 aromatic carbocycles. The molecule has 1 radical (unpaired) electrons. The van der Waals surface area contributed by atoms with Gasteiger partial charge in [0.15, 0.2) is 0 Å². The summed E-state index contributed by atoms with van der Waals surface area (Å²) in [5.74, 6) is 2.69. The molecule has 0 saturated carbocycles. The van der Waals surface area contributed by atoms with Crippen LogP contribution in [0.3, 0.4) is 0 Å². The number of aryl methyl sites for hydroxylation is 1. The van der Waals surface area contributed by atoms with Crippen LogP contribution in [0.15, 0.2) is 4.52 Å². The van der Waals surface area contributed by atoms with Gasteiger partial charge in [-0.2, -0.15) is 0 Å². The first-order valence-electron chi connectivity index (χ1n) is 3.96. The van der Waals surface area contributed by atoms with Crippen molar-refractivity contribution in [2.75, 3.05) is 0 Å². The predicted octanol–water partition coefficient (Wildman–Crippen LogP) is 1.95. The molecule has 0 N–H and O–H groups in total. The number of aromatic nitrogens is 1. The van der Waals surface area contributed by atoms with E-state index in [1.54, 1.807) is 0 Å². The molecule has 63 valence electrons. The summed E-state index contributed by atoms with van der Waals surface area (Å²) < 4.78 is 4.75. The van der Waals surface area contributed by atoms with Crippen LogP contribution in [0.25, 0.3) is 0 Å². The van der Waals surface area contributed by atoms with Gasteiger partial charge in [-0.05, 0) is 20.3 Å². The van der Waals surface area contributed by atoms with Crippen LogP contribution >= 0.6 is 0 Å². The molecule has 0 aliphatic heterocycles. The maximum atomic E-state index is 5.38. The zero-order valence-corrected chi connectivity index (χ0v) is 7.64. The summed E-state index contributed by atoms with van der Waals surface area (Å²) >= 11 is 0. The second kappa shape index (κ2) is 3.02. The van der Waals surface area contributed by atoms with E-state index >= 15 is 0 Å². The Balaban J connectivity index is 3.11. The number of nitrogens with zero attached hydrogens (tertiary/aromatic N) is 1. The lowest BCUT2D eigenvalue weighted by Crippen LogP contribution is -2.15. The topological polar surface area (TPSA) is 26.0 Å². The molecule has 0 aliphatic rings. The minimum absolute atomic E-state index is 0.328. The first kappa shape index (κ1) is 8.86. The highest BCUT2D eigenvalue weighted by molar-refractivity contribution is 5.31. The summed E-state index contributed by atoms with van der Waals surface area (Å²) in [5, 5.41) is 3.82. The Hall–Kier alpha value is -1.23. The SMILES string of the molecule is C#CC(C)(C)c1[c]onc1CC. The van der Waals surface area contributed by atoms with Crippen molar-refractivity contribution in [3.05, 3.63) is 17.5 Å². The highest BCUT2D eigenvalue weighted by Crippen LogP contribution is 2.24. The summed E-state index contributed by atoms with van der Waals surface area (Å²) in [6.45, 7) is 5.92. The van der Waals surface area contributed by atoms with Crippen molar-refractivity contribution < 1.29 is 4.52 Å². The van der Waals surface area contributed by atoms with Gasteiger partial charge in [0.05, 0.1) is 11.1 Å². The van der Waals surface area contributed by atoms with Crippen LogP contribution in [0.1, 0.15) is 32.0 Å². The van der Waals surface area contributed by atoms with Crippen LogP contribution in [-0.2, 0) is 11.8 Å². The molecule has 0 spiro atoms. The molecule has 1 aromatic rings. The van der Waals surface area contributed by atoms with E-state index in [1.165, 1.54) is 0 Å². The van der Waals surface area contributed by atoms with E-state index in [2.05, 4.69) is 17.3 Å². The van der Waals surface area contributed by atoms with Gasteiger partial charge in [-0.25, -0.2) is 0 Å². The third kappa shape index (κ3) is 1.35. The molecule has 0 fully saturated rings. The van der Waals surface area contributed by atoms with E-state index < -0.39 is 0 Å². The van der Waals surface area contributed by atoms with Crippen molar-refractivity contribution in [3.63, 3.8) is 0 Å². The number of hydrogen-bond acceptors (Lipinski definition) is 2. The fraction of sp³-hybridized carbons (Fsp3) is 0.500. The lowest BCUT2D eigenvalue weighted by molar-refractivity contribution is 0.404. The van der Waals surface area contributed by atoms with Crippen LogP contribution in [0.2, 0.25) is 0 Å². The lowest BCUT2D eigenvalue weighted by atomic mass is 9.85. The summed E-state index contributed by atoms with van der Waals surface area (Å²) in [6.07, 6.45) is 8.93. The van der Waals surface area contributed by atoms with Gasteiger partial charge in [0.25, 0.3) is 0 Å². The zero-order chi connectivity index (χ0) is 9.19. The first-order valence-corrected chi connectivity index (χ1v) is 3.96. The van der Waals surface area contributed by atoms with Crippen molar-refractivity contribution in [3.8, 4) is 12.3 Å². The quantitative estimate of drug-likeness (QED) is 0.621. The molecule has 1 rings (SSSR count). The number of rotatable bonds is 2. The fourth-order valence-corrected chi connectivity index (χ4v) is 1.03. The largest absolute Gasteiger partial charge is 0.352 e. The minimum atomic E-state index is -0.328. The molecule has 12 heavy (non-hydrogen) atoms. The van der Waals surface area contributed by atoms with Crippen LogP contribution in [0.5, 0.6) is 0 Å². The molecule has 1 heterocycles. The van der Waals surface area contributed by atoms with E-state index in [4.69, 9.17) is 10.9 Å². The Bertz CT molecular complexity index is 304. The summed E-state index contributed by atoms with van der Waals surface area (Å²) in [4.78, 5) is 0. The molecule has 0 unspecified atom stereocenters. The Morgan fingerprint density at radius 3 is 2.83 bits per heavy atom. The monoisotopic (exact) mass is 162 g/mol. The highest BCUT2D eigenvalue weighted by Gasteiger charge is 2.23. The Labute approximate surface area is 73.0 Å². The van der Waals surface area contributed by atoms with Gasteiger partial charge in [0.2, 0.25) is 6.26 Å². The lowest BCUT2D eigenvalue weighted by Gasteiger charge is -2.14. The van der Waals surface area contributed by atoms with Gasteiger partial charge >= 0.3 is 0 Å². The van der Waals surface area contributed by atoms with Crippen LogP contribution in [-0.4, -0.2) is 5.16 Å². The predicted molar refractivity (Wildman–Crippen MR) is 46.6 cm³/mol. The standard InChI is InChI=1S/C10H12NO/c1-5-9-8(7-12-11-9)10(3,4)6-2/h2H,5H2,1,3-4H3. The molecule has 0 atom stereocenters. The Kier molecular flexibility index (Phi) is 2.23. The zero-order valence-electron chi connectivity index (χ0n) is 7.64. The maximum absolute atomic E-state index is 5.38. The molecule has 0 amide bonds. The molecule has 0 bridgehead atoms. The second-order valence-electron chi connectivity index (χ2n) is 3.23. The van der Waals surface area contributed by atoms with Gasteiger partial charge in [0, 0.05) is 5.56 Å². The van der Waals surface area contributed by atoms with E-state index in [9.17, 15) is 0 Å². The third-order valence-electron chi connectivity index (χ3n) is 1.91. The van der Waals surface area contributed by atoms with E-state index in [0.717, 1.165) is 17.7 Å². The smallest absolute Gasteiger partial charge is 0.210 e. The summed E-state index contributed by atoms with van der Waals surface area (Å²) in [5.41, 5.74) is 1.47. The average molecular weight is 162 g/mol. The Morgan fingerprint density at radius 1 is 1.67 bits per heavy atom.